The molecule has 0 unspecified atom stereocenters. The molecule has 4 nitrogen and oxygen atoms in total. The molecule has 3 heterocycles. The first-order valence-electron chi connectivity index (χ1n) is 12.2. The maximum absolute atomic E-state index is 12.4. The quantitative estimate of drug-likeness (QED) is 0.470. The van der Waals surface area contributed by atoms with Gasteiger partial charge in [0.05, 0.1) is 12.7 Å². The van der Waals surface area contributed by atoms with E-state index in [4.69, 9.17) is 4.74 Å². The van der Waals surface area contributed by atoms with Gasteiger partial charge in [-0.25, -0.2) is 0 Å². The van der Waals surface area contributed by atoms with E-state index in [-0.39, 0.29) is 18.8 Å². The number of H-pyrrole nitrogens is 1. The van der Waals surface area contributed by atoms with Crippen LogP contribution in [0.2, 0.25) is 0 Å². The third-order valence-electron chi connectivity index (χ3n) is 7.18. The standard InChI is InChI=1S/C28H34FN3O/c1-4-19(2)32-20(3)16-25-24-8-5-6-9-26(24)30-27(25)28(32)21-10-12-22(13-11-21)33-23-17-31(18-23)15-7-14-29/h5-6,8-13,20,23,28,30H,2,4,7,14-18H2,1,3H3/t20-,28-/m1/s1. The van der Waals surface area contributed by atoms with E-state index >= 15 is 0 Å². The van der Waals surface area contributed by atoms with Crippen LogP contribution in [0.15, 0.2) is 60.8 Å². The molecule has 1 saturated heterocycles. The van der Waals surface area contributed by atoms with Gasteiger partial charge in [0.1, 0.15) is 11.9 Å². The van der Waals surface area contributed by atoms with Gasteiger partial charge < -0.3 is 14.6 Å². The van der Waals surface area contributed by atoms with E-state index in [0.29, 0.717) is 12.5 Å². The van der Waals surface area contributed by atoms with Gasteiger partial charge in [-0.15, -0.1) is 0 Å². The molecule has 174 valence electrons. The fourth-order valence-electron chi connectivity index (χ4n) is 5.45. The van der Waals surface area contributed by atoms with Crippen LogP contribution in [-0.4, -0.2) is 53.2 Å². The fourth-order valence-corrected chi connectivity index (χ4v) is 5.45. The first-order chi connectivity index (χ1) is 16.1. The Balaban J connectivity index is 1.41. The monoisotopic (exact) mass is 447 g/mol. The number of nitrogens with one attached hydrogen (secondary N) is 1. The van der Waals surface area contributed by atoms with Crippen LogP contribution in [0.3, 0.4) is 0 Å². The third kappa shape index (κ3) is 4.15. The van der Waals surface area contributed by atoms with Gasteiger partial charge in [-0.3, -0.25) is 9.29 Å². The minimum atomic E-state index is -0.247. The molecule has 33 heavy (non-hydrogen) atoms. The van der Waals surface area contributed by atoms with Crippen molar-refractivity contribution in [2.75, 3.05) is 26.3 Å². The van der Waals surface area contributed by atoms with Crippen molar-refractivity contribution in [3.8, 4) is 5.75 Å². The molecule has 0 radical (unpaired) electrons. The largest absolute Gasteiger partial charge is 0.488 e. The fraction of sp³-hybridized carbons (Fsp3) is 0.429. The Morgan fingerprint density at radius 1 is 1.15 bits per heavy atom. The Bertz CT molecular complexity index is 1120. The molecular weight excluding hydrogens is 413 g/mol. The number of hydrogen-bond donors (Lipinski definition) is 1. The van der Waals surface area contributed by atoms with Crippen LogP contribution in [0.5, 0.6) is 5.75 Å². The Labute approximate surface area is 196 Å². The SMILES string of the molecule is C=C(CC)N1[C@H](c2ccc(OC3CN(CCCF)C3)cc2)c2[nH]c3ccccc3c2C[C@H]1C. The maximum Gasteiger partial charge on any atom is 0.124 e. The second-order valence-electron chi connectivity index (χ2n) is 9.46. The number of allylic oxidation sites excluding steroid dienone is 1. The molecule has 2 aliphatic heterocycles. The normalized spacial score (nSPS) is 21.1. The van der Waals surface area contributed by atoms with E-state index in [0.717, 1.165) is 38.2 Å². The lowest BCUT2D eigenvalue weighted by Gasteiger charge is -2.43. The zero-order valence-electron chi connectivity index (χ0n) is 19.7. The minimum Gasteiger partial charge on any atom is -0.488 e. The summed E-state index contributed by atoms with van der Waals surface area (Å²) in [6, 6.07) is 17.7. The highest BCUT2D eigenvalue weighted by Gasteiger charge is 2.36. The van der Waals surface area contributed by atoms with Gasteiger partial charge in [0.25, 0.3) is 0 Å². The lowest BCUT2D eigenvalue weighted by Crippen LogP contribution is -2.53. The lowest BCUT2D eigenvalue weighted by molar-refractivity contribution is 0.0184. The van der Waals surface area contributed by atoms with Crippen molar-refractivity contribution in [2.45, 2.75) is 51.3 Å². The molecule has 5 heteroatoms. The zero-order chi connectivity index (χ0) is 22.9. The summed E-state index contributed by atoms with van der Waals surface area (Å²) in [5.41, 5.74) is 6.31. The molecular formula is C28H34FN3O. The number of likely N-dealkylation sites (tertiary alicyclic amines) is 1. The van der Waals surface area contributed by atoms with Crippen LogP contribution in [0.4, 0.5) is 4.39 Å². The molecule has 1 aromatic heterocycles. The Kier molecular flexibility index (Phi) is 6.15. The molecule has 0 saturated carbocycles. The molecule has 0 aliphatic carbocycles. The van der Waals surface area contributed by atoms with E-state index in [1.807, 2.05) is 0 Å². The number of alkyl halides is 1. The zero-order valence-corrected chi connectivity index (χ0v) is 19.7. The number of rotatable bonds is 8. The van der Waals surface area contributed by atoms with Gasteiger partial charge >= 0.3 is 0 Å². The van der Waals surface area contributed by atoms with Crippen LogP contribution >= 0.6 is 0 Å². The van der Waals surface area contributed by atoms with E-state index in [1.54, 1.807) is 0 Å². The van der Waals surface area contributed by atoms with Crippen LogP contribution < -0.4 is 4.74 Å². The number of aromatic amines is 1. The number of halogens is 1. The summed E-state index contributed by atoms with van der Waals surface area (Å²) in [6.45, 7) is 11.2. The summed E-state index contributed by atoms with van der Waals surface area (Å²) in [5, 5.41) is 1.33. The second kappa shape index (κ2) is 9.22. The highest BCUT2D eigenvalue weighted by molar-refractivity contribution is 5.85. The van der Waals surface area contributed by atoms with E-state index in [1.165, 1.54) is 33.4 Å². The predicted octanol–water partition coefficient (Wildman–Crippen LogP) is 5.85. The molecule has 5 rings (SSSR count). The van der Waals surface area contributed by atoms with Crippen molar-refractivity contribution in [2.24, 2.45) is 0 Å². The first-order valence-corrected chi connectivity index (χ1v) is 12.2. The first kappa shape index (κ1) is 22.0. The van der Waals surface area contributed by atoms with Crippen molar-refractivity contribution in [1.82, 2.24) is 14.8 Å². The number of hydrogen-bond acceptors (Lipinski definition) is 3. The van der Waals surface area contributed by atoms with Crippen molar-refractivity contribution in [3.05, 3.63) is 77.6 Å². The summed E-state index contributed by atoms with van der Waals surface area (Å²) in [5.74, 6) is 0.899. The highest BCUT2D eigenvalue weighted by Crippen LogP contribution is 2.43. The molecule has 2 aromatic carbocycles. The maximum atomic E-state index is 12.4. The highest BCUT2D eigenvalue weighted by atomic mass is 19.1. The van der Waals surface area contributed by atoms with Crippen molar-refractivity contribution in [3.63, 3.8) is 0 Å². The lowest BCUT2D eigenvalue weighted by atomic mass is 9.88. The van der Waals surface area contributed by atoms with Gasteiger partial charge in [0.15, 0.2) is 0 Å². The van der Waals surface area contributed by atoms with Crippen molar-refractivity contribution >= 4 is 10.9 Å². The van der Waals surface area contributed by atoms with Crippen molar-refractivity contribution in [1.29, 1.82) is 0 Å². The summed E-state index contributed by atoms with van der Waals surface area (Å²) >= 11 is 0. The Hall–Kier alpha value is -2.79. The Morgan fingerprint density at radius 2 is 1.91 bits per heavy atom. The Morgan fingerprint density at radius 3 is 2.64 bits per heavy atom. The van der Waals surface area contributed by atoms with E-state index in [9.17, 15) is 4.39 Å². The number of nitrogens with zero attached hydrogens (tertiary/aromatic N) is 2. The molecule has 0 bridgehead atoms. The summed E-state index contributed by atoms with van der Waals surface area (Å²) < 4.78 is 18.5. The van der Waals surface area contributed by atoms with Gasteiger partial charge in [0.2, 0.25) is 0 Å². The number of aromatic nitrogens is 1. The average Bonchev–Trinajstić information content (AvgIpc) is 3.17. The van der Waals surface area contributed by atoms with Crippen LogP contribution in [0.1, 0.15) is 49.6 Å². The smallest absolute Gasteiger partial charge is 0.124 e. The molecule has 0 amide bonds. The number of para-hydroxylation sites is 1. The van der Waals surface area contributed by atoms with Crippen LogP contribution in [-0.2, 0) is 6.42 Å². The number of benzene rings is 2. The van der Waals surface area contributed by atoms with E-state index < -0.39 is 0 Å². The van der Waals surface area contributed by atoms with Gasteiger partial charge in [-0.1, -0.05) is 43.8 Å². The van der Waals surface area contributed by atoms with Crippen LogP contribution in [0.25, 0.3) is 10.9 Å². The topological polar surface area (TPSA) is 31.5 Å². The van der Waals surface area contributed by atoms with Crippen molar-refractivity contribution < 1.29 is 9.13 Å². The summed E-state index contributed by atoms with van der Waals surface area (Å²) in [6.07, 6.45) is 2.74. The molecule has 1 fully saturated rings. The molecule has 0 spiro atoms. The van der Waals surface area contributed by atoms with Gasteiger partial charge in [0, 0.05) is 48.0 Å². The minimum absolute atomic E-state index is 0.109. The predicted molar refractivity (Wildman–Crippen MR) is 132 cm³/mol. The van der Waals surface area contributed by atoms with Gasteiger partial charge in [-0.05, 0) is 55.5 Å². The van der Waals surface area contributed by atoms with Crippen LogP contribution in [0, 0.1) is 0 Å². The summed E-state index contributed by atoms with van der Waals surface area (Å²) in [4.78, 5) is 8.47. The van der Waals surface area contributed by atoms with Gasteiger partial charge in [-0.2, -0.15) is 0 Å². The number of ether oxygens (including phenoxy) is 1. The molecule has 1 N–H and O–H groups in total. The molecule has 2 atom stereocenters. The van der Waals surface area contributed by atoms with E-state index in [2.05, 4.69) is 83.7 Å². The third-order valence-corrected chi connectivity index (χ3v) is 7.18. The number of fused-ring (bicyclic) bond motifs is 3. The molecule has 2 aliphatic rings. The summed E-state index contributed by atoms with van der Waals surface area (Å²) in [7, 11) is 0. The average molecular weight is 448 g/mol. The molecule has 3 aromatic rings. The second-order valence-corrected chi connectivity index (χ2v) is 9.46.